The Morgan fingerprint density at radius 1 is 1.15 bits per heavy atom. The Morgan fingerprint density at radius 3 is 2.70 bits per heavy atom. The van der Waals surface area contributed by atoms with Crippen molar-refractivity contribution in [3.63, 3.8) is 0 Å². The van der Waals surface area contributed by atoms with Crippen molar-refractivity contribution in [2.75, 3.05) is 18.4 Å². The summed E-state index contributed by atoms with van der Waals surface area (Å²) < 4.78 is 0. The number of hydrogen-bond donors (Lipinski definition) is 2. The van der Waals surface area contributed by atoms with E-state index in [1.807, 2.05) is 37.5 Å². The van der Waals surface area contributed by atoms with Crippen LogP contribution >= 0.6 is 0 Å². The molecule has 1 fully saturated rings. The topological polar surface area (TPSA) is 82.6 Å². The monoisotopic (exact) mass is 363 g/mol. The number of hydrogen-bond acceptors (Lipinski definition) is 6. The number of likely N-dealkylation sites (tertiary alicyclic amines) is 1. The number of nitrogens with one attached hydrogen (secondary N) is 2. The van der Waals surface area contributed by atoms with E-state index in [9.17, 15) is 0 Å². The Bertz CT molecular complexity index is 844. The number of aromatic nitrogens is 5. The minimum atomic E-state index is 0.399. The Hall–Kier alpha value is -2.80. The third-order valence-electron chi connectivity index (χ3n) is 4.89. The lowest BCUT2D eigenvalue weighted by Gasteiger charge is -2.31. The smallest absolute Gasteiger partial charge is 0.222 e. The van der Waals surface area contributed by atoms with Crippen LogP contribution in [0.25, 0.3) is 0 Å². The fraction of sp³-hybridized carbons (Fsp3) is 0.400. The lowest BCUT2D eigenvalue weighted by Crippen LogP contribution is -2.34. The molecule has 0 bridgehead atoms. The lowest BCUT2D eigenvalue weighted by molar-refractivity contribution is 0.196. The van der Waals surface area contributed by atoms with Gasteiger partial charge in [0, 0.05) is 43.5 Å². The van der Waals surface area contributed by atoms with Crippen LogP contribution in [0.3, 0.4) is 0 Å². The van der Waals surface area contributed by atoms with Gasteiger partial charge in [-0.25, -0.2) is 15.0 Å². The van der Waals surface area contributed by atoms with E-state index in [0.717, 1.165) is 56.2 Å². The Labute approximate surface area is 159 Å². The number of anilines is 1. The fourth-order valence-electron chi connectivity index (χ4n) is 3.52. The molecule has 0 saturated carbocycles. The summed E-state index contributed by atoms with van der Waals surface area (Å²) in [6, 6.07) is 10.3. The van der Waals surface area contributed by atoms with E-state index in [4.69, 9.17) is 0 Å². The quantitative estimate of drug-likeness (QED) is 0.701. The predicted molar refractivity (Wildman–Crippen MR) is 104 cm³/mol. The van der Waals surface area contributed by atoms with E-state index in [2.05, 4.69) is 47.5 Å². The van der Waals surface area contributed by atoms with E-state index in [-0.39, 0.29) is 0 Å². The van der Waals surface area contributed by atoms with Gasteiger partial charge in [0.15, 0.2) is 5.82 Å². The van der Waals surface area contributed by atoms with Gasteiger partial charge in [0.1, 0.15) is 5.82 Å². The average molecular weight is 363 g/mol. The molecular formula is C20H25N7. The molecule has 7 nitrogen and oxygen atoms in total. The summed E-state index contributed by atoms with van der Waals surface area (Å²) in [5.41, 5.74) is 2.35. The summed E-state index contributed by atoms with van der Waals surface area (Å²) in [6.07, 6.45) is 6.14. The van der Waals surface area contributed by atoms with Crippen molar-refractivity contribution in [2.24, 2.45) is 0 Å². The standard InChI is InChI=1S/C20H25N7/c1-15-24-19(26-25-15)18-8-5-9-27(14-18)13-17-11-22-20(23-12-17)21-10-16-6-3-2-4-7-16/h2-4,6-7,11-12,18H,5,8-10,13-14H2,1H3,(H,21,22,23)(H,24,25,26)/t18-/m0/s1. The highest BCUT2D eigenvalue weighted by molar-refractivity contribution is 5.28. The number of aromatic amines is 1. The van der Waals surface area contributed by atoms with Crippen LogP contribution in [0.4, 0.5) is 5.95 Å². The molecule has 0 spiro atoms. The molecule has 1 atom stereocenters. The molecule has 1 aliphatic heterocycles. The molecule has 0 unspecified atom stereocenters. The lowest BCUT2D eigenvalue weighted by atomic mass is 9.97. The van der Waals surface area contributed by atoms with E-state index >= 15 is 0 Å². The maximum atomic E-state index is 4.51. The Balaban J connectivity index is 1.31. The number of H-pyrrole nitrogens is 1. The molecule has 1 aromatic carbocycles. The number of rotatable bonds is 6. The maximum Gasteiger partial charge on any atom is 0.222 e. The fourth-order valence-corrected chi connectivity index (χ4v) is 3.52. The minimum Gasteiger partial charge on any atom is -0.350 e. The van der Waals surface area contributed by atoms with Crippen molar-refractivity contribution in [3.8, 4) is 0 Å². The van der Waals surface area contributed by atoms with Gasteiger partial charge < -0.3 is 5.32 Å². The van der Waals surface area contributed by atoms with Crippen molar-refractivity contribution in [3.05, 3.63) is 65.5 Å². The van der Waals surface area contributed by atoms with Gasteiger partial charge in [-0.2, -0.15) is 5.10 Å². The van der Waals surface area contributed by atoms with Crippen LogP contribution in [0.5, 0.6) is 0 Å². The second-order valence-corrected chi connectivity index (χ2v) is 7.11. The van der Waals surface area contributed by atoms with E-state index < -0.39 is 0 Å². The second kappa shape index (κ2) is 8.26. The first-order valence-corrected chi connectivity index (χ1v) is 9.46. The first-order valence-electron chi connectivity index (χ1n) is 9.46. The summed E-state index contributed by atoms with van der Waals surface area (Å²) in [6.45, 7) is 5.60. The van der Waals surface area contributed by atoms with Gasteiger partial charge in [-0.3, -0.25) is 10.00 Å². The highest BCUT2D eigenvalue weighted by Crippen LogP contribution is 2.25. The third kappa shape index (κ3) is 4.68. The van der Waals surface area contributed by atoms with Crippen LogP contribution in [0.15, 0.2) is 42.7 Å². The molecule has 2 N–H and O–H groups in total. The molecule has 140 valence electrons. The summed E-state index contributed by atoms with van der Waals surface area (Å²) in [5, 5.41) is 10.6. The highest BCUT2D eigenvalue weighted by atomic mass is 15.2. The molecule has 3 heterocycles. The molecule has 27 heavy (non-hydrogen) atoms. The molecule has 7 heteroatoms. The van der Waals surface area contributed by atoms with Crippen LogP contribution in [-0.4, -0.2) is 43.1 Å². The zero-order valence-electron chi connectivity index (χ0n) is 15.6. The van der Waals surface area contributed by atoms with Crippen molar-refractivity contribution in [1.29, 1.82) is 0 Å². The van der Waals surface area contributed by atoms with Crippen LogP contribution in [0.2, 0.25) is 0 Å². The maximum absolute atomic E-state index is 4.51. The van der Waals surface area contributed by atoms with Gasteiger partial charge in [-0.05, 0) is 31.9 Å². The van der Waals surface area contributed by atoms with Gasteiger partial charge in [-0.1, -0.05) is 30.3 Å². The van der Waals surface area contributed by atoms with Crippen molar-refractivity contribution >= 4 is 5.95 Å². The first-order chi connectivity index (χ1) is 13.3. The van der Waals surface area contributed by atoms with Crippen LogP contribution < -0.4 is 5.32 Å². The number of aryl methyl sites for hydroxylation is 1. The summed E-state index contributed by atoms with van der Waals surface area (Å²) >= 11 is 0. The second-order valence-electron chi connectivity index (χ2n) is 7.11. The van der Waals surface area contributed by atoms with Gasteiger partial charge >= 0.3 is 0 Å². The van der Waals surface area contributed by atoms with Gasteiger partial charge in [0.2, 0.25) is 5.95 Å². The van der Waals surface area contributed by atoms with Crippen molar-refractivity contribution in [2.45, 2.75) is 38.8 Å². The van der Waals surface area contributed by atoms with Crippen LogP contribution in [0, 0.1) is 6.92 Å². The molecule has 4 rings (SSSR count). The largest absolute Gasteiger partial charge is 0.350 e. The zero-order chi connectivity index (χ0) is 18.5. The minimum absolute atomic E-state index is 0.399. The SMILES string of the molecule is Cc1nc([C@H]2CCCN(Cc3cnc(NCc4ccccc4)nc3)C2)n[nH]1. The zero-order valence-corrected chi connectivity index (χ0v) is 15.6. The predicted octanol–water partition coefficient (Wildman–Crippen LogP) is 2.89. The first kappa shape index (κ1) is 17.6. The Kier molecular flexibility index (Phi) is 5.39. The highest BCUT2D eigenvalue weighted by Gasteiger charge is 2.24. The number of benzene rings is 1. The van der Waals surface area contributed by atoms with E-state index in [1.165, 1.54) is 5.56 Å². The molecule has 3 aromatic rings. The van der Waals surface area contributed by atoms with Gasteiger partial charge in [-0.15, -0.1) is 0 Å². The molecule has 0 amide bonds. The summed E-state index contributed by atoms with van der Waals surface area (Å²) in [5.74, 6) is 2.88. The average Bonchev–Trinajstić information content (AvgIpc) is 3.15. The molecule has 0 radical (unpaired) electrons. The normalized spacial score (nSPS) is 17.7. The molecule has 1 saturated heterocycles. The van der Waals surface area contributed by atoms with Crippen molar-refractivity contribution in [1.82, 2.24) is 30.0 Å². The number of piperidine rings is 1. The Morgan fingerprint density at radius 2 is 1.96 bits per heavy atom. The van der Waals surface area contributed by atoms with Gasteiger partial charge in [0.05, 0.1) is 0 Å². The molecule has 1 aliphatic rings. The third-order valence-corrected chi connectivity index (χ3v) is 4.89. The van der Waals surface area contributed by atoms with Crippen LogP contribution in [0.1, 0.15) is 41.5 Å². The molecule has 0 aliphatic carbocycles. The summed E-state index contributed by atoms with van der Waals surface area (Å²) in [7, 11) is 0. The van der Waals surface area contributed by atoms with E-state index in [1.54, 1.807) is 0 Å². The summed E-state index contributed by atoms with van der Waals surface area (Å²) in [4.78, 5) is 15.9. The number of nitrogens with zero attached hydrogens (tertiary/aromatic N) is 5. The van der Waals surface area contributed by atoms with Crippen molar-refractivity contribution < 1.29 is 0 Å². The van der Waals surface area contributed by atoms with Crippen LogP contribution in [-0.2, 0) is 13.1 Å². The molecular weight excluding hydrogens is 338 g/mol. The molecule has 2 aromatic heterocycles. The van der Waals surface area contributed by atoms with E-state index in [0.29, 0.717) is 11.9 Å². The van der Waals surface area contributed by atoms with Gasteiger partial charge in [0.25, 0.3) is 0 Å².